The van der Waals surface area contributed by atoms with Crippen LogP contribution in [0, 0.1) is 5.82 Å². The van der Waals surface area contributed by atoms with Crippen LogP contribution in [0.25, 0.3) is 0 Å². The van der Waals surface area contributed by atoms with Gasteiger partial charge in [-0.05, 0) is 43.0 Å². The molecule has 4 rings (SSSR count). The molecular weight excluding hydrogens is 387 g/mol. The highest BCUT2D eigenvalue weighted by Gasteiger charge is 2.46. The van der Waals surface area contributed by atoms with Gasteiger partial charge < -0.3 is 9.80 Å². The number of halogens is 1. The molecule has 0 aromatic heterocycles. The molecule has 2 aromatic carbocycles. The molecule has 6 heteroatoms. The van der Waals surface area contributed by atoms with Crippen LogP contribution in [0.3, 0.4) is 0 Å². The third kappa shape index (κ3) is 4.32. The highest BCUT2D eigenvalue weighted by atomic mass is 32.2. The van der Waals surface area contributed by atoms with Gasteiger partial charge in [0.1, 0.15) is 5.82 Å². The minimum Gasteiger partial charge on any atom is -0.338 e. The fourth-order valence-corrected chi connectivity index (χ4v) is 5.74. The van der Waals surface area contributed by atoms with Gasteiger partial charge >= 0.3 is 0 Å². The van der Waals surface area contributed by atoms with Gasteiger partial charge in [0.15, 0.2) is 0 Å². The van der Waals surface area contributed by atoms with E-state index in [0.717, 1.165) is 31.6 Å². The molecule has 2 heterocycles. The number of carbonyl (C=O) groups excluding carboxylic acids is 2. The van der Waals surface area contributed by atoms with E-state index in [4.69, 9.17) is 0 Å². The Balaban J connectivity index is 1.37. The largest absolute Gasteiger partial charge is 0.338 e. The van der Waals surface area contributed by atoms with Crippen LogP contribution >= 0.6 is 11.8 Å². The molecular formula is C23H25FN2O2S. The molecule has 2 aliphatic heterocycles. The third-order valence-corrected chi connectivity index (χ3v) is 7.41. The van der Waals surface area contributed by atoms with Crippen LogP contribution in [0.1, 0.15) is 35.2 Å². The Kier molecular flexibility index (Phi) is 5.90. The summed E-state index contributed by atoms with van der Waals surface area (Å²) in [5.41, 5.74) is 1.56. The van der Waals surface area contributed by atoms with Crippen molar-refractivity contribution in [1.29, 1.82) is 0 Å². The number of benzene rings is 2. The van der Waals surface area contributed by atoms with Crippen LogP contribution in [0.5, 0.6) is 0 Å². The lowest BCUT2D eigenvalue weighted by Crippen LogP contribution is -2.53. The molecule has 29 heavy (non-hydrogen) atoms. The van der Waals surface area contributed by atoms with Crippen LogP contribution in [0.2, 0.25) is 0 Å². The Morgan fingerprint density at radius 1 is 1.00 bits per heavy atom. The van der Waals surface area contributed by atoms with Gasteiger partial charge in [-0.2, -0.15) is 0 Å². The molecule has 2 fully saturated rings. The summed E-state index contributed by atoms with van der Waals surface area (Å²) in [6.45, 7) is 1.95. The van der Waals surface area contributed by atoms with E-state index in [0.29, 0.717) is 25.1 Å². The molecule has 2 saturated heterocycles. The van der Waals surface area contributed by atoms with Gasteiger partial charge in [-0.3, -0.25) is 9.59 Å². The number of likely N-dealkylation sites (tertiary alicyclic amines) is 1. The van der Waals surface area contributed by atoms with Crippen molar-refractivity contribution in [2.45, 2.75) is 30.6 Å². The molecule has 0 saturated carbocycles. The molecule has 0 atom stereocenters. The number of amides is 2. The highest BCUT2D eigenvalue weighted by molar-refractivity contribution is 8.00. The maximum Gasteiger partial charge on any atom is 0.253 e. The van der Waals surface area contributed by atoms with E-state index in [9.17, 15) is 14.0 Å². The first-order chi connectivity index (χ1) is 14.1. The van der Waals surface area contributed by atoms with Crippen molar-refractivity contribution in [1.82, 2.24) is 9.80 Å². The summed E-state index contributed by atoms with van der Waals surface area (Å²) in [5, 5.41) is 0. The van der Waals surface area contributed by atoms with E-state index in [1.807, 2.05) is 34.9 Å². The Bertz CT molecular complexity index is 881. The van der Waals surface area contributed by atoms with E-state index in [1.165, 1.54) is 17.7 Å². The molecule has 2 amide bonds. The van der Waals surface area contributed by atoms with Crippen molar-refractivity contribution >= 4 is 23.6 Å². The first kappa shape index (κ1) is 20.0. The molecule has 0 aliphatic carbocycles. The van der Waals surface area contributed by atoms with Crippen LogP contribution in [0.4, 0.5) is 4.39 Å². The molecule has 152 valence electrons. The van der Waals surface area contributed by atoms with Gasteiger partial charge in [0.05, 0.1) is 4.87 Å². The minimum atomic E-state index is -0.397. The fourth-order valence-electron chi connectivity index (χ4n) is 4.27. The standard InChI is InChI=1S/C23H25FN2O2S/c24-20-8-4-7-19(17-20)22(28)25-13-11-23(12-14-25)26(15-16-29-23)21(27)10-9-18-5-2-1-3-6-18/h1-8,17H,9-16H2. The summed E-state index contributed by atoms with van der Waals surface area (Å²) < 4.78 is 13.5. The van der Waals surface area contributed by atoms with E-state index in [-0.39, 0.29) is 16.7 Å². The topological polar surface area (TPSA) is 40.6 Å². The number of hydrogen-bond donors (Lipinski definition) is 0. The van der Waals surface area contributed by atoms with E-state index in [2.05, 4.69) is 12.1 Å². The Labute approximate surface area is 175 Å². The van der Waals surface area contributed by atoms with Gasteiger partial charge in [0.2, 0.25) is 5.91 Å². The normalized spacial score (nSPS) is 18.2. The Morgan fingerprint density at radius 3 is 2.48 bits per heavy atom. The fraction of sp³-hybridized carbons (Fsp3) is 0.391. The lowest BCUT2D eigenvalue weighted by molar-refractivity contribution is -0.134. The van der Waals surface area contributed by atoms with Crippen LogP contribution < -0.4 is 0 Å². The van der Waals surface area contributed by atoms with Crippen molar-refractivity contribution in [3.8, 4) is 0 Å². The molecule has 2 aliphatic rings. The second-order valence-corrected chi connectivity index (χ2v) is 9.09. The van der Waals surface area contributed by atoms with Crippen LogP contribution in [-0.2, 0) is 11.2 Å². The first-order valence-corrected chi connectivity index (χ1v) is 11.1. The summed E-state index contributed by atoms with van der Waals surface area (Å²) >= 11 is 1.84. The van der Waals surface area contributed by atoms with Crippen molar-refractivity contribution in [3.05, 3.63) is 71.5 Å². The van der Waals surface area contributed by atoms with Gasteiger partial charge in [-0.1, -0.05) is 36.4 Å². The number of nitrogens with zero attached hydrogens (tertiary/aromatic N) is 2. The maximum atomic E-state index is 13.5. The average molecular weight is 413 g/mol. The molecule has 0 bridgehead atoms. The SMILES string of the molecule is O=C(c1cccc(F)c1)N1CCC2(CC1)SCCN2C(=O)CCc1ccccc1. The van der Waals surface area contributed by atoms with Gasteiger partial charge in [-0.15, -0.1) is 11.8 Å². The lowest BCUT2D eigenvalue weighted by atomic mass is 10.00. The molecule has 1 spiro atoms. The summed E-state index contributed by atoms with van der Waals surface area (Å²) in [7, 11) is 0. The number of rotatable bonds is 4. The first-order valence-electron chi connectivity index (χ1n) is 10.1. The number of hydrogen-bond acceptors (Lipinski definition) is 3. The second-order valence-electron chi connectivity index (χ2n) is 7.63. The van der Waals surface area contributed by atoms with Gasteiger partial charge in [-0.25, -0.2) is 4.39 Å². The zero-order valence-electron chi connectivity index (χ0n) is 16.4. The third-order valence-electron chi connectivity index (χ3n) is 5.85. The van der Waals surface area contributed by atoms with E-state index >= 15 is 0 Å². The monoisotopic (exact) mass is 412 g/mol. The highest BCUT2D eigenvalue weighted by Crippen LogP contribution is 2.44. The molecule has 0 N–H and O–H groups in total. The molecule has 0 radical (unpaired) electrons. The molecule has 2 aromatic rings. The zero-order valence-corrected chi connectivity index (χ0v) is 17.2. The number of aryl methyl sites for hydroxylation is 1. The summed E-state index contributed by atoms with van der Waals surface area (Å²) in [6, 6.07) is 15.9. The minimum absolute atomic E-state index is 0.135. The predicted molar refractivity (Wildman–Crippen MR) is 113 cm³/mol. The van der Waals surface area contributed by atoms with Crippen LogP contribution in [0.15, 0.2) is 54.6 Å². The Hall–Kier alpha value is -2.34. The lowest BCUT2D eigenvalue weighted by Gasteiger charge is -2.44. The average Bonchev–Trinajstić information content (AvgIpc) is 3.16. The number of piperidine rings is 1. The maximum absolute atomic E-state index is 13.5. The van der Waals surface area contributed by atoms with E-state index < -0.39 is 5.82 Å². The summed E-state index contributed by atoms with van der Waals surface area (Å²) in [5.74, 6) is 0.605. The second kappa shape index (κ2) is 8.57. The number of carbonyl (C=O) groups is 2. The van der Waals surface area contributed by atoms with Gasteiger partial charge in [0, 0.05) is 37.4 Å². The van der Waals surface area contributed by atoms with E-state index in [1.54, 1.807) is 17.0 Å². The van der Waals surface area contributed by atoms with Crippen LogP contribution in [-0.4, -0.2) is 51.9 Å². The quantitative estimate of drug-likeness (QED) is 0.763. The predicted octanol–water partition coefficient (Wildman–Crippen LogP) is 3.97. The van der Waals surface area contributed by atoms with Crippen molar-refractivity contribution in [3.63, 3.8) is 0 Å². The summed E-state index contributed by atoms with van der Waals surface area (Å²) in [4.78, 5) is 29.3. The van der Waals surface area contributed by atoms with Crippen molar-refractivity contribution in [2.75, 3.05) is 25.4 Å². The van der Waals surface area contributed by atoms with Gasteiger partial charge in [0.25, 0.3) is 5.91 Å². The zero-order chi connectivity index (χ0) is 20.3. The molecule has 4 nitrogen and oxygen atoms in total. The van der Waals surface area contributed by atoms with Crippen molar-refractivity contribution < 1.29 is 14.0 Å². The summed E-state index contributed by atoms with van der Waals surface area (Å²) in [6.07, 6.45) is 2.78. The smallest absolute Gasteiger partial charge is 0.253 e. The Morgan fingerprint density at radius 2 is 1.76 bits per heavy atom. The number of thioether (sulfide) groups is 1. The van der Waals surface area contributed by atoms with Crippen molar-refractivity contribution in [2.24, 2.45) is 0 Å². The molecule has 0 unspecified atom stereocenters.